The maximum atomic E-state index is 12.3. The smallest absolute Gasteiger partial charge is 0.252 e. The van der Waals surface area contributed by atoms with Gasteiger partial charge in [0.05, 0.1) is 17.3 Å². The summed E-state index contributed by atoms with van der Waals surface area (Å²) in [6.07, 6.45) is 3.60. The van der Waals surface area contributed by atoms with Crippen LogP contribution in [0, 0.1) is 18.3 Å². The Balaban J connectivity index is 1.85. The first-order valence-electron chi connectivity index (χ1n) is 7.84. The first-order valence-corrected chi connectivity index (χ1v) is 7.84. The molecule has 0 fully saturated rings. The van der Waals surface area contributed by atoms with Gasteiger partial charge in [-0.2, -0.15) is 15.0 Å². The monoisotopic (exact) mass is 330 g/mol. The molecule has 0 spiro atoms. The van der Waals surface area contributed by atoms with Crippen molar-refractivity contribution in [3.05, 3.63) is 65.1 Å². The Morgan fingerprint density at radius 1 is 1.24 bits per heavy atom. The zero-order chi connectivity index (χ0) is 17.4. The van der Waals surface area contributed by atoms with Crippen LogP contribution in [-0.4, -0.2) is 25.7 Å². The lowest BCUT2D eigenvalue weighted by Crippen LogP contribution is -2.25. The zero-order valence-electron chi connectivity index (χ0n) is 13.5. The van der Waals surface area contributed by atoms with Crippen LogP contribution in [0.3, 0.4) is 0 Å². The van der Waals surface area contributed by atoms with E-state index in [2.05, 4.69) is 26.5 Å². The highest BCUT2D eigenvalue weighted by molar-refractivity contribution is 5.95. The summed E-state index contributed by atoms with van der Waals surface area (Å²) in [7, 11) is 0. The molecule has 0 radical (unpaired) electrons. The highest BCUT2D eigenvalue weighted by Crippen LogP contribution is 2.39. The van der Waals surface area contributed by atoms with E-state index in [4.69, 9.17) is 5.26 Å². The second-order valence-electron chi connectivity index (χ2n) is 5.85. The summed E-state index contributed by atoms with van der Waals surface area (Å²) in [5, 5.41) is 16.4. The van der Waals surface area contributed by atoms with Crippen LogP contribution >= 0.6 is 0 Å². The molecule has 4 rings (SSSR count). The highest BCUT2D eigenvalue weighted by Gasteiger charge is 2.33. The van der Waals surface area contributed by atoms with Crippen molar-refractivity contribution in [2.45, 2.75) is 19.3 Å². The number of rotatable bonds is 2. The predicted octanol–water partition coefficient (Wildman–Crippen LogP) is 2.32. The van der Waals surface area contributed by atoms with Gasteiger partial charge in [-0.05, 0) is 30.7 Å². The fourth-order valence-corrected chi connectivity index (χ4v) is 3.17. The molecule has 1 amide bonds. The third-order valence-electron chi connectivity index (χ3n) is 4.29. The average molecular weight is 330 g/mol. The average Bonchev–Trinajstić information content (AvgIpc) is 2.98. The highest BCUT2D eigenvalue weighted by atomic mass is 16.1. The van der Waals surface area contributed by atoms with E-state index in [1.54, 1.807) is 35.3 Å². The Hall–Kier alpha value is -3.53. The van der Waals surface area contributed by atoms with Gasteiger partial charge in [0.25, 0.3) is 5.95 Å². The SMILES string of the molecule is Cc1nn(-c2ncccn2)c2c1[C@H](c1ccc(C#N)cc1)CC(=O)N2. The number of nitrogens with one attached hydrogen (secondary N) is 1. The summed E-state index contributed by atoms with van der Waals surface area (Å²) in [6, 6.07) is 11.1. The Morgan fingerprint density at radius 2 is 1.96 bits per heavy atom. The number of nitrogens with zero attached hydrogens (tertiary/aromatic N) is 5. The zero-order valence-corrected chi connectivity index (χ0v) is 13.5. The molecule has 0 bridgehead atoms. The lowest BCUT2D eigenvalue weighted by atomic mass is 9.85. The summed E-state index contributed by atoms with van der Waals surface area (Å²) in [5.74, 6) is 0.815. The summed E-state index contributed by atoms with van der Waals surface area (Å²) in [6.45, 7) is 1.91. The van der Waals surface area contributed by atoms with Crippen molar-refractivity contribution in [1.82, 2.24) is 19.7 Å². The van der Waals surface area contributed by atoms with Gasteiger partial charge in [0, 0.05) is 30.3 Å². The molecule has 1 aliphatic heterocycles. The van der Waals surface area contributed by atoms with Crippen LogP contribution in [0.5, 0.6) is 0 Å². The summed E-state index contributed by atoms with van der Waals surface area (Å²) >= 11 is 0. The van der Waals surface area contributed by atoms with E-state index in [1.807, 2.05) is 19.1 Å². The Morgan fingerprint density at radius 3 is 2.64 bits per heavy atom. The number of aryl methyl sites for hydroxylation is 1. The molecule has 1 N–H and O–H groups in total. The van der Waals surface area contributed by atoms with Crippen molar-refractivity contribution in [3.8, 4) is 12.0 Å². The third-order valence-corrected chi connectivity index (χ3v) is 4.29. The van der Waals surface area contributed by atoms with Crippen LogP contribution < -0.4 is 5.32 Å². The van der Waals surface area contributed by atoms with Crippen LogP contribution in [-0.2, 0) is 4.79 Å². The minimum absolute atomic E-state index is 0.0843. The Bertz CT molecular complexity index is 985. The number of carbonyl (C=O) groups is 1. The molecule has 0 unspecified atom stereocenters. The number of fused-ring (bicyclic) bond motifs is 1. The fourth-order valence-electron chi connectivity index (χ4n) is 3.17. The molecular weight excluding hydrogens is 316 g/mol. The van der Waals surface area contributed by atoms with Crippen LogP contribution in [0.15, 0.2) is 42.7 Å². The third kappa shape index (κ3) is 2.54. The number of benzene rings is 1. The maximum Gasteiger partial charge on any atom is 0.252 e. The van der Waals surface area contributed by atoms with E-state index < -0.39 is 0 Å². The van der Waals surface area contributed by atoms with Gasteiger partial charge in [0.1, 0.15) is 5.82 Å². The molecule has 3 aromatic rings. The molecule has 1 atom stereocenters. The van der Waals surface area contributed by atoms with Crippen LogP contribution in [0.2, 0.25) is 0 Å². The van der Waals surface area contributed by atoms with Crippen molar-refractivity contribution in [2.75, 3.05) is 5.32 Å². The van der Waals surface area contributed by atoms with Gasteiger partial charge in [0.15, 0.2) is 0 Å². The van der Waals surface area contributed by atoms with Crippen LogP contribution in [0.1, 0.15) is 34.7 Å². The van der Waals surface area contributed by atoms with E-state index in [9.17, 15) is 4.79 Å². The molecule has 7 heteroatoms. The number of hydrogen-bond acceptors (Lipinski definition) is 5. The van der Waals surface area contributed by atoms with Crippen molar-refractivity contribution in [2.24, 2.45) is 0 Å². The second kappa shape index (κ2) is 5.83. The molecule has 1 aromatic carbocycles. The van der Waals surface area contributed by atoms with E-state index in [0.717, 1.165) is 16.8 Å². The molecule has 1 aliphatic rings. The minimum Gasteiger partial charge on any atom is -0.310 e. The van der Waals surface area contributed by atoms with Crippen molar-refractivity contribution in [3.63, 3.8) is 0 Å². The van der Waals surface area contributed by atoms with Gasteiger partial charge in [-0.15, -0.1) is 0 Å². The lowest BCUT2D eigenvalue weighted by molar-refractivity contribution is -0.116. The lowest BCUT2D eigenvalue weighted by Gasteiger charge is -2.24. The number of carbonyl (C=O) groups excluding carboxylic acids is 1. The van der Waals surface area contributed by atoms with Gasteiger partial charge < -0.3 is 5.32 Å². The Labute approximate surface area is 144 Å². The Kier molecular flexibility index (Phi) is 3.51. The van der Waals surface area contributed by atoms with Gasteiger partial charge in [-0.25, -0.2) is 9.97 Å². The molecule has 25 heavy (non-hydrogen) atoms. The molecule has 122 valence electrons. The molecule has 0 saturated carbocycles. The molecule has 0 aliphatic carbocycles. The summed E-state index contributed by atoms with van der Waals surface area (Å²) < 4.78 is 1.57. The second-order valence-corrected chi connectivity index (χ2v) is 5.85. The number of aromatic nitrogens is 4. The molecule has 2 aromatic heterocycles. The van der Waals surface area contributed by atoms with E-state index in [0.29, 0.717) is 23.8 Å². The topological polar surface area (TPSA) is 96.5 Å². The normalized spacial score (nSPS) is 16.0. The largest absolute Gasteiger partial charge is 0.310 e. The fraction of sp³-hybridized carbons (Fsp3) is 0.167. The molecule has 7 nitrogen and oxygen atoms in total. The summed E-state index contributed by atoms with van der Waals surface area (Å²) in [4.78, 5) is 20.7. The number of amides is 1. The van der Waals surface area contributed by atoms with E-state index >= 15 is 0 Å². The quantitative estimate of drug-likeness (QED) is 0.778. The number of anilines is 1. The molecule has 3 heterocycles. The predicted molar refractivity (Wildman–Crippen MR) is 90.1 cm³/mol. The number of nitriles is 1. The van der Waals surface area contributed by atoms with Gasteiger partial charge in [0.2, 0.25) is 5.91 Å². The van der Waals surface area contributed by atoms with Crippen molar-refractivity contribution in [1.29, 1.82) is 5.26 Å². The van der Waals surface area contributed by atoms with E-state index in [-0.39, 0.29) is 11.8 Å². The first kappa shape index (κ1) is 15.0. The molecular formula is C18H14N6O. The molecule has 0 saturated heterocycles. The van der Waals surface area contributed by atoms with E-state index in [1.165, 1.54) is 0 Å². The van der Waals surface area contributed by atoms with Crippen molar-refractivity contribution < 1.29 is 4.79 Å². The summed E-state index contributed by atoms with van der Waals surface area (Å²) in [5.41, 5.74) is 3.34. The van der Waals surface area contributed by atoms with Crippen LogP contribution in [0.25, 0.3) is 5.95 Å². The van der Waals surface area contributed by atoms with Gasteiger partial charge in [-0.1, -0.05) is 12.1 Å². The van der Waals surface area contributed by atoms with Gasteiger partial charge >= 0.3 is 0 Å². The maximum absolute atomic E-state index is 12.3. The van der Waals surface area contributed by atoms with Crippen molar-refractivity contribution >= 4 is 11.7 Å². The standard InChI is InChI=1S/C18H14N6O/c1-11-16-14(13-5-3-12(10-19)4-6-13)9-15(25)22-17(16)24(23-11)18-20-7-2-8-21-18/h2-8,14H,9H2,1H3,(H,22,25)/t14-/m0/s1. The minimum atomic E-state index is -0.117. The number of hydrogen-bond donors (Lipinski definition) is 1. The van der Waals surface area contributed by atoms with Gasteiger partial charge in [-0.3, -0.25) is 4.79 Å². The first-order chi connectivity index (χ1) is 12.2. The van der Waals surface area contributed by atoms with Crippen LogP contribution in [0.4, 0.5) is 5.82 Å².